The van der Waals surface area contributed by atoms with Crippen molar-refractivity contribution in [2.75, 3.05) is 5.75 Å². The molecule has 6 heteroatoms. The maximum Gasteiger partial charge on any atom is 0.254 e. The van der Waals surface area contributed by atoms with E-state index in [1.54, 1.807) is 11.8 Å². The van der Waals surface area contributed by atoms with Crippen LogP contribution in [-0.2, 0) is 0 Å². The highest BCUT2D eigenvalue weighted by atomic mass is 35.5. The first-order chi connectivity index (χ1) is 10.1. The number of nitrogens with one attached hydrogen (secondary N) is 1. The Labute approximate surface area is 130 Å². The molecule has 3 nitrogen and oxygen atoms in total. The zero-order valence-electron chi connectivity index (χ0n) is 11.0. The summed E-state index contributed by atoms with van der Waals surface area (Å²) in [6.45, 7) is 0. The first-order valence-electron chi connectivity index (χ1n) is 6.48. The Hall–Kier alpha value is -1.59. The second kappa shape index (κ2) is 6.03. The molecule has 1 atom stereocenters. The molecule has 2 aromatic rings. The number of hydrogen-bond acceptors (Lipinski definition) is 3. The average Bonchev–Trinajstić information content (AvgIpc) is 2.48. The summed E-state index contributed by atoms with van der Waals surface area (Å²) in [5, 5.41) is 3.51. The number of nitrogens with zero attached hydrogens (tertiary/aromatic N) is 1. The van der Waals surface area contributed by atoms with Gasteiger partial charge in [-0.2, -0.15) is 0 Å². The number of rotatable bonds is 2. The first-order valence-corrected chi connectivity index (χ1v) is 7.84. The lowest BCUT2D eigenvalue weighted by Crippen LogP contribution is -2.31. The van der Waals surface area contributed by atoms with Crippen LogP contribution in [0.2, 0.25) is 5.02 Å². The fraction of sp³-hybridized carbons (Fsp3) is 0.200. The van der Waals surface area contributed by atoms with Crippen LogP contribution >= 0.6 is 23.4 Å². The summed E-state index contributed by atoms with van der Waals surface area (Å²) in [5.41, 5.74) is 0.994. The summed E-state index contributed by atoms with van der Waals surface area (Å²) in [4.78, 5) is 17.0. The van der Waals surface area contributed by atoms with Crippen molar-refractivity contribution in [3.05, 3.63) is 58.6 Å². The predicted octanol–water partition coefficient (Wildman–Crippen LogP) is 3.84. The van der Waals surface area contributed by atoms with E-state index in [1.165, 1.54) is 12.3 Å². The van der Waals surface area contributed by atoms with Gasteiger partial charge in [0.2, 0.25) is 0 Å². The molecule has 1 unspecified atom stereocenters. The van der Waals surface area contributed by atoms with Crippen molar-refractivity contribution in [1.82, 2.24) is 10.3 Å². The van der Waals surface area contributed by atoms with Crippen LogP contribution in [0.4, 0.5) is 4.39 Å². The van der Waals surface area contributed by atoms with Crippen LogP contribution < -0.4 is 5.32 Å². The van der Waals surface area contributed by atoms with Crippen molar-refractivity contribution in [3.63, 3.8) is 0 Å². The van der Waals surface area contributed by atoms with Crippen molar-refractivity contribution in [2.24, 2.45) is 0 Å². The number of carbonyl (C=O) groups excluding carboxylic acids is 1. The van der Waals surface area contributed by atoms with Crippen LogP contribution in [0.3, 0.4) is 0 Å². The summed E-state index contributed by atoms with van der Waals surface area (Å²) in [6.07, 6.45) is 3.23. The van der Waals surface area contributed by atoms with Gasteiger partial charge < -0.3 is 5.32 Å². The molecule has 0 saturated heterocycles. The molecule has 1 N–H and O–H groups in total. The molecule has 1 aliphatic heterocycles. The standard InChI is InChI=1S/C15H12ClFN2OS/c16-9-1-2-14-11(7-9)13(4-6-21-14)19-15(20)10-3-5-18-8-12(10)17/h1-3,5,7-8,13H,4,6H2,(H,19,20). The summed E-state index contributed by atoms with van der Waals surface area (Å²) < 4.78 is 13.6. The fourth-order valence-electron chi connectivity index (χ4n) is 2.31. The van der Waals surface area contributed by atoms with Gasteiger partial charge in [0, 0.05) is 21.9 Å². The Bertz CT molecular complexity index is 695. The molecule has 0 fully saturated rings. The molecule has 0 aliphatic carbocycles. The Morgan fingerprint density at radius 1 is 1.43 bits per heavy atom. The van der Waals surface area contributed by atoms with Crippen LogP contribution in [0.5, 0.6) is 0 Å². The first kappa shape index (κ1) is 14.4. The monoisotopic (exact) mass is 322 g/mol. The largest absolute Gasteiger partial charge is 0.345 e. The topological polar surface area (TPSA) is 42.0 Å². The second-order valence-corrected chi connectivity index (χ2v) is 6.27. The highest BCUT2D eigenvalue weighted by molar-refractivity contribution is 7.99. The Balaban J connectivity index is 1.85. The second-order valence-electron chi connectivity index (χ2n) is 4.70. The number of hydrogen-bond donors (Lipinski definition) is 1. The van der Waals surface area contributed by atoms with E-state index in [0.717, 1.165) is 28.8 Å². The molecule has 2 heterocycles. The Morgan fingerprint density at radius 3 is 3.10 bits per heavy atom. The van der Waals surface area contributed by atoms with Crippen LogP contribution in [0.25, 0.3) is 0 Å². The molecule has 0 spiro atoms. The van der Waals surface area contributed by atoms with E-state index in [9.17, 15) is 9.18 Å². The summed E-state index contributed by atoms with van der Waals surface area (Å²) in [5.74, 6) is -0.150. The molecule has 108 valence electrons. The van der Waals surface area contributed by atoms with Crippen LogP contribution in [0, 0.1) is 5.82 Å². The number of aromatic nitrogens is 1. The minimum Gasteiger partial charge on any atom is -0.345 e. The van der Waals surface area contributed by atoms with E-state index in [2.05, 4.69) is 10.3 Å². The molecule has 0 saturated carbocycles. The third kappa shape index (κ3) is 3.04. The van der Waals surface area contributed by atoms with Crippen molar-refractivity contribution in [2.45, 2.75) is 17.4 Å². The van der Waals surface area contributed by atoms with Gasteiger partial charge in [-0.25, -0.2) is 4.39 Å². The van der Waals surface area contributed by atoms with Crippen molar-refractivity contribution >= 4 is 29.3 Å². The molecule has 1 aliphatic rings. The maximum atomic E-state index is 13.6. The van der Waals surface area contributed by atoms with Gasteiger partial charge in [0.05, 0.1) is 17.8 Å². The zero-order chi connectivity index (χ0) is 14.8. The highest BCUT2D eigenvalue weighted by Gasteiger charge is 2.24. The molecule has 21 heavy (non-hydrogen) atoms. The molecular formula is C15H12ClFN2OS. The molecular weight excluding hydrogens is 311 g/mol. The van der Waals surface area contributed by atoms with E-state index in [1.807, 2.05) is 18.2 Å². The summed E-state index contributed by atoms with van der Waals surface area (Å²) >= 11 is 7.76. The minimum atomic E-state index is -0.619. The minimum absolute atomic E-state index is 0.00630. The number of halogens is 2. The van der Waals surface area contributed by atoms with Gasteiger partial charge in [-0.3, -0.25) is 9.78 Å². The van der Waals surface area contributed by atoms with E-state index in [4.69, 9.17) is 11.6 Å². The average molecular weight is 323 g/mol. The van der Waals surface area contributed by atoms with Crippen LogP contribution in [0.1, 0.15) is 28.4 Å². The molecule has 0 radical (unpaired) electrons. The van der Waals surface area contributed by atoms with E-state index < -0.39 is 11.7 Å². The molecule has 1 aromatic carbocycles. The predicted molar refractivity (Wildman–Crippen MR) is 81.2 cm³/mol. The van der Waals surface area contributed by atoms with Crippen molar-refractivity contribution in [1.29, 1.82) is 0 Å². The highest BCUT2D eigenvalue weighted by Crippen LogP contribution is 2.37. The fourth-order valence-corrected chi connectivity index (χ4v) is 3.60. The van der Waals surface area contributed by atoms with E-state index in [0.29, 0.717) is 5.02 Å². The number of benzene rings is 1. The van der Waals surface area contributed by atoms with E-state index in [-0.39, 0.29) is 11.6 Å². The smallest absolute Gasteiger partial charge is 0.254 e. The lowest BCUT2D eigenvalue weighted by Gasteiger charge is -2.26. The van der Waals surface area contributed by atoms with Crippen LogP contribution in [-0.4, -0.2) is 16.6 Å². The van der Waals surface area contributed by atoms with Gasteiger partial charge in [-0.15, -0.1) is 11.8 Å². The van der Waals surface area contributed by atoms with Crippen molar-refractivity contribution < 1.29 is 9.18 Å². The molecule has 0 bridgehead atoms. The summed E-state index contributed by atoms with van der Waals surface area (Å²) in [6, 6.07) is 6.87. The quantitative estimate of drug-likeness (QED) is 0.913. The number of thioether (sulfide) groups is 1. The third-order valence-corrected chi connectivity index (χ3v) is 4.69. The van der Waals surface area contributed by atoms with Gasteiger partial charge in [0.25, 0.3) is 5.91 Å². The maximum absolute atomic E-state index is 13.6. The van der Waals surface area contributed by atoms with Gasteiger partial charge >= 0.3 is 0 Å². The molecule has 1 amide bonds. The van der Waals surface area contributed by atoms with Crippen LogP contribution in [0.15, 0.2) is 41.6 Å². The Kier molecular flexibility index (Phi) is 4.12. The Morgan fingerprint density at radius 2 is 2.29 bits per heavy atom. The molecule has 3 rings (SSSR count). The number of amides is 1. The van der Waals surface area contributed by atoms with Gasteiger partial charge in [0.1, 0.15) is 0 Å². The lowest BCUT2D eigenvalue weighted by molar-refractivity contribution is 0.0930. The normalized spacial score (nSPS) is 17.1. The SMILES string of the molecule is O=C(NC1CCSc2ccc(Cl)cc21)c1ccncc1F. The number of carbonyl (C=O) groups is 1. The van der Waals surface area contributed by atoms with Gasteiger partial charge in [-0.1, -0.05) is 11.6 Å². The van der Waals surface area contributed by atoms with E-state index >= 15 is 0 Å². The number of pyridine rings is 1. The number of fused-ring (bicyclic) bond motifs is 1. The lowest BCUT2D eigenvalue weighted by atomic mass is 10.0. The van der Waals surface area contributed by atoms with Gasteiger partial charge in [0.15, 0.2) is 5.82 Å². The molecule has 1 aromatic heterocycles. The van der Waals surface area contributed by atoms with Gasteiger partial charge in [-0.05, 0) is 36.2 Å². The zero-order valence-corrected chi connectivity index (χ0v) is 12.5. The third-order valence-electron chi connectivity index (χ3n) is 3.33. The summed E-state index contributed by atoms with van der Waals surface area (Å²) in [7, 11) is 0. The van der Waals surface area contributed by atoms with Crippen molar-refractivity contribution in [3.8, 4) is 0 Å².